The minimum atomic E-state index is -0.138. The molecule has 1 aliphatic rings. The zero-order valence-electron chi connectivity index (χ0n) is 10.6. The zero-order chi connectivity index (χ0) is 13.4. The van der Waals surface area contributed by atoms with Crippen LogP contribution in [0.25, 0.3) is 11.0 Å². The van der Waals surface area contributed by atoms with Crippen LogP contribution in [0.5, 0.6) is 0 Å². The Hall–Kier alpha value is -1.75. The Labute approximate surface area is 116 Å². The van der Waals surface area contributed by atoms with E-state index in [4.69, 9.17) is 11.6 Å². The molecule has 5 nitrogen and oxygen atoms in total. The third-order valence-electron chi connectivity index (χ3n) is 3.26. The van der Waals surface area contributed by atoms with Gasteiger partial charge in [-0.1, -0.05) is 17.7 Å². The van der Waals surface area contributed by atoms with Crippen LogP contribution < -0.4 is 10.6 Å². The molecule has 0 spiro atoms. The normalized spacial score (nSPS) is 14.6. The molecule has 0 saturated heterocycles. The number of imidazole rings is 1. The van der Waals surface area contributed by atoms with E-state index >= 15 is 0 Å². The highest BCUT2D eigenvalue weighted by atomic mass is 35.5. The lowest BCUT2D eigenvalue weighted by Crippen LogP contribution is -2.36. The number of para-hydroxylation sites is 1. The van der Waals surface area contributed by atoms with E-state index in [1.807, 2.05) is 29.8 Å². The number of fused-ring (bicyclic) bond motifs is 1. The van der Waals surface area contributed by atoms with Gasteiger partial charge in [0, 0.05) is 13.1 Å². The summed E-state index contributed by atoms with van der Waals surface area (Å²) >= 11 is 6.15. The van der Waals surface area contributed by atoms with Gasteiger partial charge in [-0.25, -0.2) is 9.78 Å². The second-order valence-electron chi connectivity index (χ2n) is 4.80. The second-order valence-corrected chi connectivity index (χ2v) is 5.20. The molecular weight excluding hydrogens is 264 g/mol. The molecule has 1 heterocycles. The smallest absolute Gasteiger partial charge is 0.315 e. The number of carbonyl (C=O) groups is 1. The number of hydrogen-bond acceptors (Lipinski definition) is 2. The van der Waals surface area contributed by atoms with Gasteiger partial charge in [-0.2, -0.15) is 0 Å². The van der Waals surface area contributed by atoms with E-state index in [0.717, 1.165) is 29.7 Å². The summed E-state index contributed by atoms with van der Waals surface area (Å²) in [6.45, 7) is 0.389. The van der Waals surface area contributed by atoms with Crippen molar-refractivity contribution >= 4 is 28.7 Å². The van der Waals surface area contributed by atoms with Gasteiger partial charge in [0.2, 0.25) is 0 Å². The van der Waals surface area contributed by atoms with Crippen LogP contribution in [0.2, 0.25) is 5.02 Å². The first-order valence-corrected chi connectivity index (χ1v) is 6.67. The van der Waals surface area contributed by atoms with Crippen LogP contribution in [0.3, 0.4) is 0 Å². The number of amides is 2. The molecule has 6 heteroatoms. The first-order valence-electron chi connectivity index (χ1n) is 6.29. The Bertz CT molecular complexity index is 633. The van der Waals surface area contributed by atoms with E-state index < -0.39 is 0 Å². The standard InChI is InChI=1S/C13H15ClN4O/c1-18-11(7-15-13(19)16-8-5-6-8)17-10-4-2-3-9(14)12(10)18/h2-4,8H,5-7H2,1H3,(H2,15,16,19). The largest absolute Gasteiger partial charge is 0.335 e. The average molecular weight is 279 g/mol. The number of urea groups is 1. The van der Waals surface area contributed by atoms with Crippen LogP contribution in [0.1, 0.15) is 18.7 Å². The van der Waals surface area contributed by atoms with E-state index in [0.29, 0.717) is 17.6 Å². The van der Waals surface area contributed by atoms with Gasteiger partial charge < -0.3 is 15.2 Å². The Morgan fingerprint density at radius 1 is 1.53 bits per heavy atom. The minimum absolute atomic E-state index is 0.138. The van der Waals surface area contributed by atoms with E-state index in [9.17, 15) is 4.79 Å². The van der Waals surface area contributed by atoms with Crippen molar-refractivity contribution in [1.29, 1.82) is 0 Å². The number of hydrogen-bond donors (Lipinski definition) is 2. The summed E-state index contributed by atoms with van der Waals surface area (Å²) in [5.41, 5.74) is 1.73. The Morgan fingerprint density at radius 2 is 2.32 bits per heavy atom. The monoisotopic (exact) mass is 278 g/mol. The summed E-state index contributed by atoms with van der Waals surface area (Å²) in [5, 5.41) is 6.36. The Morgan fingerprint density at radius 3 is 3.00 bits per heavy atom. The Balaban J connectivity index is 1.75. The third-order valence-corrected chi connectivity index (χ3v) is 3.56. The van der Waals surface area contributed by atoms with Gasteiger partial charge in [0.15, 0.2) is 0 Å². The Kier molecular flexibility index (Phi) is 3.06. The minimum Gasteiger partial charge on any atom is -0.335 e. The van der Waals surface area contributed by atoms with Crippen LogP contribution >= 0.6 is 11.6 Å². The highest BCUT2D eigenvalue weighted by Crippen LogP contribution is 2.23. The summed E-state index contributed by atoms with van der Waals surface area (Å²) in [6, 6.07) is 5.84. The molecule has 1 saturated carbocycles. The number of nitrogens with one attached hydrogen (secondary N) is 2. The number of aryl methyl sites for hydroxylation is 1. The third kappa shape index (κ3) is 2.51. The number of benzene rings is 1. The fraction of sp³-hybridized carbons (Fsp3) is 0.385. The van der Waals surface area contributed by atoms with Crippen LogP contribution in [0.15, 0.2) is 18.2 Å². The summed E-state index contributed by atoms with van der Waals surface area (Å²) in [4.78, 5) is 16.1. The lowest BCUT2D eigenvalue weighted by Gasteiger charge is -2.06. The van der Waals surface area contributed by atoms with E-state index in [2.05, 4.69) is 15.6 Å². The van der Waals surface area contributed by atoms with E-state index in [-0.39, 0.29) is 6.03 Å². The molecule has 2 aromatic rings. The van der Waals surface area contributed by atoms with Crippen molar-refractivity contribution in [1.82, 2.24) is 20.2 Å². The fourth-order valence-electron chi connectivity index (χ4n) is 2.05. The van der Waals surface area contributed by atoms with Crippen molar-refractivity contribution in [3.8, 4) is 0 Å². The molecule has 3 rings (SSSR count). The maximum atomic E-state index is 11.6. The van der Waals surface area contributed by atoms with Gasteiger partial charge >= 0.3 is 6.03 Å². The molecule has 1 aromatic carbocycles. The molecule has 2 amide bonds. The van der Waals surface area contributed by atoms with Crippen molar-refractivity contribution in [3.05, 3.63) is 29.0 Å². The number of nitrogens with zero attached hydrogens (tertiary/aromatic N) is 2. The number of carbonyl (C=O) groups excluding carboxylic acids is 1. The average Bonchev–Trinajstić information content (AvgIpc) is 3.11. The van der Waals surface area contributed by atoms with Crippen molar-refractivity contribution < 1.29 is 4.79 Å². The number of aromatic nitrogens is 2. The molecule has 1 aliphatic carbocycles. The zero-order valence-corrected chi connectivity index (χ0v) is 11.4. The summed E-state index contributed by atoms with van der Waals surface area (Å²) in [6.07, 6.45) is 2.16. The number of rotatable bonds is 3. The maximum absolute atomic E-state index is 11.6. The quantitative estimate of drug-likeness (QED) is 0.904. The fourth-order valence-corrected chi connectivity index (χ4v) is 2.35. The molecule has 0 aliphatic heterocycles. The highest BCUT2D eigenvalue weighted by Gasteiger charge is 2.23. The molecule has 100 valence electrons. The SMILES string of the molecule is Cn1c(CNC(=O)NC2CC2)nc2cccc(Cl)c21. The van der Waals surface area contributed by atoms with Crippen molar-refractivity contribution in [3.63, 3.8) is 0 Å². The molecule has 0 bridgehead atoms. The molecule has 1 aromatic heterocycles. The summed E-state index contributed by atoms with van der Waals surface area (Å²) < 4.78 is 1.91. The topological polar surface area (TPSA) is 59.0 Å². The predicted molar refractivity (Wildman–Crippen MR) is 74.1 cm³/mol. The molecule has 0 atom stereocenters. The summed E-state index contributed by atoms with van der Waals surface area (Å²) in [7, 11) is 1.90. The molecule has 0 unspecified atom stereocenters. The molecule has 2 N–H and O–H groups in total. The van der Waals surface area contributed by atoms with Gasteiger partial charge in [-0.15, -0.1) is 0 Å². The number of halogens is 1. The van der Waals surface area contributed by atoms with Gasteiger partial charge in [-0.3, -0.25) is 0 Å². The van der Waals surface area contributed by atoms with Crippen molar-refractivity contribution in [2.24, 2.45) is 7.05 Å². The molecule has 1 fully saturated rings. The first kappa shape index (κ1) is 12.3. The van der Waals surface area contributed by atoms with Gasteiger partial charge in [0.1, 0.15) is 5.82 Å². The van der Waals surface area contributed by atoms with E-state index in [1.54, 1.807) is 0 Å². The maximum Gasteiger partial charge on any atom is 0.315 e. The van der Waals surface area contributed by atoms with Crippen LogP contribution in [0, 0.1) is 0 Å². The van der Waals surface area contributed by atoms with E-state index in [1.165, 1.54) is 0 Å². The second kappa shape index (κ2) is 4.74. The van der Waals surface area contributed by atoms with Gasteiger partial charge in [-0.05, 0) is 25.0 Å². The molecular formula is C13H15ClN4O. The van der Waals surface area contributed by atoms with Crippen molar-refractivity contribution in [2.45, 2.75) is 25.4 Å². The lowest BCUT2D eigenvalue weighted by molar-refractivity contribution is 0.239. The lowest BCUT2D eigenvalue weighted by atomic mass is 10.3. The van der Waals surface area contributed by atoms with Gasteiger partial charge in [0.05, 0.1) is 22.6 Å². The summed E-state index contributed by atoms with van der Waals surface area (Å²) in [5.74, 6) is 0.786. The van der Waals surface area contributed by atoms with Crippen molar-refractivity contribution in [2.75, 3.05) is 0 Å². The van der Waals surface area contributed by atoms with Crippen LogP contribution in [-0.4, -0.2) is 21.6 Å². The van der Waals surface area contributed by atoms with Gasteiger partial charge in [0.25, 0.3) is 0 Å². The highest BCUT2D eigenvalue weighted by molar-refractivity contribution is 6.35. The predicted octanol–water partition coefficient (Wildman–Crippen LogP) is 2.19. The van der Waals surface area contributed by atoms with Crippen LogP contribution in [-0.2, 0) is 13.6 Å². The first-order chi connectivity index (χ1) is 9.15. The molecule has 19 heavy (non-hydrogen) atoms. The molecule has 0 radical (unpaired) electrons. The van der Waals surface area contributed by atoms with Crippen LogP contribution in [0.4, 0.5) is 4.79 Å².